The third kappa shape index (κ3) is 2.90. The molecule has 24 heavy (non-hydrogen) atoms. The zero-order chi connectivity index (χ0) is 16.5. The van der Waals surface area contributed by atoms with Gasteiger partial charge < -0.3 is 9.88 Å². The molecule has 1 unspecified atom stereocenters. The van der Waals surface area contributed by atoms with Gasteiger partial charge in [-0.15, -0.1) is 0 Å². The minimum absolute atomic E-state index is 0.338. The molecule has 0 spiro atoms. The molecule has 1 aromatic carbocycles. The van der Waals surface area contributed by atoms with Crippen LogP contribution in [0.25, 0.3) is 11.0 Å². The molecule has 0 bridgehead atoms. The fraction of sp³-hybridized carbons (Fsp3) is 0.333. The molecule has 6 heteroatoms. The molecule has 4 rings (SSSR count). The Bertz CT molecular complexity index is 845. The molecule has 0 amide bonds. The first kappa shape index (κ1) is 15.6. The van der Waals surface area contributed by atoms with E-state index in [1.54, 1.807) is 0 Å². The lowest BCUT2D eigenvalue weighted by Gasteiger charge is -2.36. The van der Waals surface area contributed by atoms with Gasteiger partial charge in [-0.25, -0.2) is 4.98 Å². The number of nitrogens with one attached hydrogen (secondary N) is 1. The van der Waals surface area contributed by atoms with Crippen LogP contribution in [-0.2, 0) is 13.6 Å². The van der Waals surface area contributed by atoms with Crippen molar-refractivity contribution in [3.8, 4) is 0 Å². The molecule has 0 saturated carbocycles. The largest absolute Gasteiger partial charge is 0.330 e. The second-order valence-corrected chi connectivity index (χ2v) is 6.63. The molecule has 1 fully saturated rings. The van der Waals surface area contributed by atoms with Crippen molar-refractivity contribution < 1.29 is 0 Å². The van der Waals surface area contributed by atoms with Crippen molar-refractivity contribution in [2.24, 2.45) is 7.05 Å². The van der Waals surface area contributed by atoms with E-state index in [9.17, 15) is 0 Å². The summed E-state index contributed by atoms with van der Waals surface area (Å²) in [5.41, 5.74) is 3.36. The van der Waals surface area contributed by atoms with E-state index in [-0.39, 0.29) is 0 Å². The summed E-state index contributed by atoms with van der Waals surface area (Å²) >= 11 is 6.13. The second kappa shape index (κ2) is 6.51. The van der Waals surface area contributed by atoms with E-state index in [2.05, 4.69) is 38.9 Å². The van der Waals surface area contributed by atoms with Crippen LogP contribution in [0.4, 0.5) is 0 Å². The van der Waals surface area contributed by atoms with E-state index >= 15 is 0 Å². The molecule has 2 aromatic heterocycles. The van der Waals surface area contributed by atoms with Crippen LogP contribution < -0.4 is 5.32 Å². The zero-order valence-corrected chi connectivity index (χ0v) is 14.4. The third-order valence-electron chi connectivity index (χ3n) is 4.73. The molecule has 3 aromatic rings. The highest BCUT2D eigenvalue weighted by molar-refractivity contribution is 6.31. The summed E-state index contributed by atoms with van der Waals surface area (Å²) in [7, 11) is 2.06. The van der Waals surface area contributed by atoms with Crippen molar-refractivity contribution in [3.05, 3.63) is 59.1 Å². The van der Waals surface area contributed by atoms with Gasteiger partial charge in [0.15, 0.2) is 0 Å². The van der Waals surface area contributed by atoms with E-state index in [1.807, 2.05) is 30.6 Å². The number of hydrogen-bond acceptors (Lipinski definition) is 4. The van der Waals surface area contributed by atoms with E-state index in [0.717, 1.165) is 48.1 Å². The number of pyridine rings is 1. The summed E-state index contributed by atoms with van der Waals surface area (Å²) < 4.78 is 2.15. The predicted octanol–water partition coefficient (Wildman–Crippen LogP) is 2.77. The number of imidazole rings is 1. The molecule has 0 radical (unpaired) electrons. The zero-order valence-electron chi connectivity index (χ0n) is 13.6. The summed E-state index contributed by atoms with van der Waals surface area (Å²) in [6.07, 6.45) is 3.72. The topological polar surface area (TPSA) is 46.0 Å². The second-order valence-electron chi connectivity index (χ2n) is 6.19. The average Bonchev–Trinajstić information content (AvgIpc) is 2.92. The van der Waals surface area contributed by atoms with Crippen molar-refractivity contribution in [3.63, 3.8) is 0 Å². The molecular weight excluding hydrogens is 322 g/mol. The molecule has 1 N–H and O–H groups in total. The number of piperazine rings is 1. The number of hydrogen-bond donors (Lipinski definition) is 1. The Labute approximate surface area is 146 Å². The van der Waals surface area contributed by atoms with Crippen LogP contribution >= 0.6 is 11.6 Å². The van der Waals surface area contributed by atoms with Crippen LogP contribution in [0.5, 0.6) is 0 Å². The highest BCUT2D eigenvalue weighted by atomic mass is 35.5. The summed E-state index contributed by atoms with van der Waals surface area (Å²) in [6.45, 7) is 3.76. The Hall–Kier alpha value is -1.95. The Morgan fingerprint density at radius 1 is 1.25 bits per heavy atom. The molecule has 1 saturated heterocycles. The summed E-state index contributed by atoms with van der Waals surface area (Å²) in [6, 6.07) is 10.4. The smallest absolute Gasteiger partial charge is 0.123 e. The number of benzene rings is 1. The Balaban J connectivity index is 1.64. The van der Waals surface area contributed by atoms with Gasteiger partial charge in [-0.1, -0.05) is 11.6 Å². The summed E-state index contributed by atoms with van der Waals surface area (Å²) in [4.78, 5) is 11.4. The van der Waals surface area contributed by atoms with Crippen molar-refractivity contribution in [2.45, 2.75) is 12.6 Å². The molecule has 1 aliphatic heterocycles. The first-order valence-corrected chi connectivity index (χ1v) is 8.56. The van der Waals surface area contributed by atoms with Crippen LogP contribution in [0.2, 0.25) is 5.02 Å². The molecule has 1 aliphatic rings. The van der Waals surface area contributed by atoms with E-state index < -0.39 is 0 Å². The fourth-order valence-corrected chi connectivity index (χ4v) is 3.55. The Morgan fingerprint density at radius 3 is 2.92 bits per heavy atom. The normalized spacial score (nSPS) is 19.0. The van der Waals surface area contributed by atoms with Gasteiger partial charge in [0.05, 0.1) is 17.6 Å². The summed E-state index contributed by atoms with van der Waals surface area (Å²) in [5.74, 6) is 1.06. The Kier molecular flexibility index (Phi) is 4.22. The lowest BCUT2D eigenvalue weighted by atomic mass is 10.0. The predicted molar refractivity (Wildman–Crippen MR) is 96.0 cm³/mol. The molecule has 3 heterocycles. The third-order valence-corrected chi connectivity index (χ3v) is 4.96. The average molecular weight is 342 g/mol. The lowest BCUT2D eigenvalue weighted by molar-refractivity contribution is 0.149. The van der Waals surface area contributed by atoms with Crippen molar-refractivity contribution in [1.82, 2.24) is 24.8 Å². The maximum Gasteiger partial charge on any atom is 0.123 e. The summed E-state index contributed by atoms with van der Waals surface area (Å²) in [5, 5.41) is 4.24. The van der Waals surface area contributed by atoms with Crippen molar-refractivity contribution in [2.75, 3.05) is 19.6 Å². The number of rotatable bonds is 3. The van der Waals surface area contributed by atoms with Gasteiger partial charge in [0, 0.05) is 50.1 Å². The molecule has 5 nitrogen and oxygen atoms in total. The van der Waals surface area contributed by atoms with Crippen molar-refractivity contribution in [1.29, 1.82) is 0 Å². The van der Waals surface area contributed by atoms with Crippen LogP contribution in [0, 0.1) is 0 Å². The number of aryl methyl sites for hydroxylation is 1. The highest BCUT2D eigenvalue weighted by Gasteiger charge is 2.25. The van der Waals surface area contributed by atoms with Gasteiger partial charge in [-0.05, 0) is 35.9 Å². The molecular formula is C18H20ClN5. The van der Waals surface area contributed by atoms with Gasteiger partial charge in [-0.3, -0.25) is 9.88 Å². The maximum atomic E-state index is 6.13. The standard InChI is InChI=1S/C18H20ClN5/c1-23-16-10-14(19)2-3-15(16)22-18(23)12-24-9-8-21-11-17(24)13-4-6-20-7-5-13/h2-7,10,17,21H,8-9,11-12H2,1H3. The highest BCUT2D eigenvalue weighted by Crippen LogP contribution is 2.25. The number of nitrogens with zero attached hydrogens (tertiary/aromatic N) is 4. The van der Waals surface area contributed by atoms with Crippen LogP contribution in [-0.4, -0.2) is 39.1 Å². The van der Waals surface area contributed by atoms with Gasteiger partial charge in [0.25, 0.3) is 0 Å². The quantitative estimate of drug-likeness (QED) is 0.795. The monoisotopic (exact) mass is 341 g/mol. The SMILES string of the molecule is Cn1c(CN2CCNCC2c2ccncc2)nc2ccc(Cl)cc21. The number of fused-ring (bicyclic) bond motifs is 1. The minimum atomic E-state index is 0.338. The van der Waals surface area contributed by atoms with Gasteiger partial charge in [-0.2, -0.15) is 0 Å². The van der Waals surface area contributed by atoms with Gasteiger partial charge >= 0.3 is 0 Å². The minimum Gasteiger partial charge on any atom is -0.330 e. The molecule has 1 atom stereocenters. The molecule has 0 aliphatic carbocycles. The maximum absolute atomic E-state index is 6.13. The van der Waals surface area contributed by atoms with E-state index in [1.165, 1.54) is 5.56 Å². The first-order chi connectivity index (χ1) is 11.7. The fourth-order valence-electron chi connectivity index (χ4n) is 3.39. The van der Waals surface area contributed by atoms with E-state index in [0.29, 0.717) is 6.04 Å². The van der Waals surface area contributed by atoms with Crippen LogP contribution in [0.3, 0.4) is 0 Å². The number of halogens is 1. The van der Waals surface area contributed by atoms with Crippen LogP contribution in [0.1, 0.15) is 17.4 Å². The van der Waals surface area contributed by atoms with Crippen molar-refractivity contribution >= 4 is 22.6 Å². The number of aromatic nitrogens is 3. The molecule has 124 valence electrons. The van der Waals surface area contributed by atoms with Crippen LogP contribution in [0.15, 0.2) is 42.7 Å². The first-order valence-electron chi connectivity index (χ1n) is 8.18. The Morgan fingerprint density at radius 2 is 2.08 bits per heavy atom. The van der Waals surface area contributed by atoms with E-state index in [4.69, 9.17) is 16.6 Å². The van der Waals surface area contributed by atoms with Gasteiger partial charge in [0.2, 0.25) is 0 Å². The van der Waals surface area contributed by atoms with Gasteiger partial charge in [0.1, 0.15) is 5.82 Å². The lowest BCUT2D eigenvalue weighted by Crippen LogP contribution is -2.45.